The molecule has 3 rings (SSSR count). The second kappa shape index (κ2) is 7.03. The van der Waals surface area contributed by atoms with Crippen molar-refractivity contribution in [1.29, 1.82) is 0 Å². The number of pyridine rings is 1. The third kappa shape index (κ3) is 3.42. The number of ether oxygens (including phenoxy) is 1. The molecule has 0 saturated carbocycles. The molecule has 6 heteroatoms. The van der Waals surface area contributed by atoms with Crippen LogP contribution in [0.1, 0.15) is 47.3 Å². The van der Waals surface area contributed by atoms with Gasteiger partial charge in [0, 0.05) is 44.1 Å². The van der Waals surface area contributed by atoms with Crippen molar-refractivity contribution in [1.82, 2.24) is 15.0 Å². The number of hydrogen-bond acceptors (Lipinski definition) is 5. The summed E-state index contributed by atoms with van der Waals surface area (Å²) in [6, 6.07) is 5.76. The Labute approximate surface area is 141 Å². The van der Waals surface area contributed by atoms with Gasteiger partial charge in [-0.1, -0.05) is 18.1 Å². The maximum absolute atomic E-state index is 12.7. The predicted molar refractivity (Wildman–Crippen MR) is 89.1 cm³/mol. The topological polar surface area (TPSA) is 68.5 Å². The minimum absolute atomic E-state index is 0.0118. The van der Waals surface area contributed by atoms with Crippen molar-refractivity contribution in [2.24, 2.45) is 0 Å². The molecule has 1 amide bonds. The molecule has 3 heterocycles. The zero-order chi connectivity index (χ0) is 17.1. The van der Waals surface area contributed by atoms with Gasteiger partial charge in [-0.2, -0.15) is 0 Å². The van der Waals surface area contributed by atoms with Crippen LogP contribution in [0.25, 0.3) is 0 Å². The normalized spacial score (nSPS) is 15.5. The molecule has 1 fully saturated rings. The smallest absolute Gasteiger partial charge is 0.259 e. The number of rotatable bonds is 4. The number of amides is 1. The van der Waals surface area contributed by atoms with Crippen LogP contribution in [-0.4, -0.2) is 40.1 Å². The molecule has 0 atom stereocenters. The molecule has 0 N–H and O–H groups in total. The third-order valence-corrected chi connectivity index (χ3v) is 4.35. The monoisotopic (exact) mass is 329 g/mol. The van der Waals surface area contributed by atoms with Gasteiger partial charge in [-0.3, -0.25) is 4.79 Å². The van der Waals surface area contributed by atoms with Crippen LogP contribution in [0.15, 0.2) is 22.7 Å². The van der Waals surface area contributed by atoms with Crippen LogP contribution in [0.2, 0.25) is 0 Å². The highest BCUT2D eigenvalue weighted by Crippen LogP contribution is 2.22. The minimum Gasteiger partial charge on any atom is -0.474 e. The molecule has 6 nitrogen and oxygen atoms in total. The van der Waals surface area contributed by atoms with E-state index in [0.717, 1.165) is 18.5 Å². The molecule has 1 aliphatic rings. The van der Waals surface area contributed by atoms with E-state index in [0.29, 0.717) is 42.4 Å². The lowest BCUT2D eigenvalue weighted by molar-refractivity contribution is 0.0585. The van der Waals surface area contributed by atoms with Crippen molar-refractivity contribution in [2.45, 2.75) is 46.1 Å². The highest BCUT2D eigenvalue weighted by molar-refractivity contribution is 5.96. The SMILES string of the molecule is CCc1onc(C)c1C(=O)N1CCC(Oc2cccc(C)n2)CC1. The third-order valence-electron chi connectivity index (χ3n) is 4.35. The number of nitrogens with zero attached hydrogens (tertiary/aromatic N) is 3. The summed E-state index contributed by atoms with van der Waals surface area (Å²) in [6.45, 7) is 7.06. The second-order valence-corrected chi connectivity index (χ2v) is 6.15. The summed E-state index contributed by atoms with van der Waals surface area (Å²) in [5.41, 5.74) is 2.23. The molecular weight excluding hydrogens is 306 g/mol. The van der Waals surface area contributed by atoms with Crippen LogP contribution in [-0.2, 0) is 6.42 Å². The van der Waals surface area contributed by atoms with E-state index in [9.17, 15) is 4.79 Å². The molecule has 128 valence electrons. The molecule has 24 heavy (non-hydrogen) atoms. The van der Waals surface area contributed by atoms with Gasteiger partial charge < -0.3 is 14.2 Å². The molecule has 1 aliphatic heterocycles. The minimum atomic E-state index is 0.0118. The lowest BCUT2D eigenvalue weighted by Gasteiger charge is -2.32. The molecule has 0 bridgehead atoms. The van der Waals surface area contributed by atoms with Gasteiger partial charge in [0.25, 0.3) is 5.91 Å². The van der Waals surface area contributed by atoms with Gasteiger partial charge in [0.15, 0.2) is 0 Å². The van der Waals surface area contributed by atoms with Crippen LogP contribution in [0.5, 0.6) is 5.88 Å². The summed E-state index contributed by atoms with van der Waals surface area (Å²) in [5.74, 6) is 1.33. The molecule has 2 aromatic heterocycles. The zero-order valence-corrected chi connectivity index (χ0v) is 14.4. The molecular formula is C18H23N3O3. The Morgan fingerprint density at radius 2 is 2.08 bits per heavy atom. The fraction of sp³-hybridized carbons (Fsp3) is 0.500. The van der Waals surface area contributed by atoms with Crippen LogP contribution < -0.4 is 4.74 Å². The Hall–Kier alpha value is -2.37. The van der Waals surface area contributed by atoms with Gasteiger partial charge in [-0.15, -0.1) is 0 Å². The standard InChI is InChI=1S/C18H23N3O3/c1-4-15-17(13(3)20-24-15)18(22)21-10-8-14(9-11-21)23-16-7-5-6-12(2)19-16/h5-7,14H,4,8-11H2,1-3H3. The number of carbonyl (C=O) groups is 1. The number of aryl methyl sites for hydroxylation is 3. The predicted octanol–water partition coefficient (Wildman–Crippen LogP) is 2.93. The summed E-state index contributed by atoms with van der Waals surface area (Å²) >= 11 is 0. The summed E-state index contributed by atoms with van der Waals surface area (Å²) < 4.78 is 11.2. The Balaban J connectivity index is 1.60. The van der Waals surface area contributed by atoms with Gasteiger partial charge in [-0.25, -0.2) is 4.98 Å². The summed E-state index contributed by atoms with van der Waals surface area (Å²) in [4.78, 5) is 19.0. The van der Waals surface area contributed by atoms with Gasteiger partial charge >= 0.3 is 0 Å². The lowest BCUT2D eigenvalue weighted by atomic mass is 10.0. The van der Waals surface area contributed by atoms with Gasteiger partial charge in [0.2, 0.25) is 5.88 Å². The molecule has 1 saturated heterocycles. The Morgan fingerprint density at radius 1 is 1.33 bits per heavy atom. The van der Waals surface area contributed by atoms with E-state index in [1.54, 1.807) is 0 Å². The van der Waals surface area contributed by atoms with Crippen molar-refractivity contribution in [3.63, 3.8) is 0 Å². The van der Waals surface area contributed by atoms with Crippen molar-refractivity contribution in [2.75, 3.05) is 13.1 Å². The number of hydrogen-bond donors (Lipinski definition) is 0. The first-order valence-corrected chi connectivity index (χ1v) is 8.43. The van der Waals surface area contributed by atoms with Gasteiger partial charge in [-0.05, 0) is 19.9 Å². The van der Waals surface area contributed by atoms with Crippen molar-refractivity contribution in [3.05, 3.63) is 40.9 Å². The maximum Gasteiger partial charge on any atom is 0.259 e. The summed E-state index contributed by atoms with van der Waals surface area (Å²) in [7, 11) is 0. The highest BCUT2D eigenvalue weighted by atomic mass is 16.5. The Morgan fingerprint density at radius 3 is 2.75 bits per heavy atom. The zero-order valence-electron chi connectivity index (χ0n) is 14.4. The number of carbonyl (C=O) groups excluding carboxylic acids is 1. The lowest BCUT2D eigenvalue weighted by Crippen LogP contribution is -2.42. The molecule has 0 aliphatic carbocycles. The molecule has 0 spiro atoms. The van der Waals surface area contributed by atoms with Crippen molar-refractivity contribution in [3.8, 4) is 5.88 Å². The Kier molecular flexibility index (Phi) is 4.83. The van der Waals surface area contributed by atoms with E-state index in [-0.39, 0.29) is 12.0 Å². The average Bonchev–Trinajstić information content (AvgIpc) is 2.96. The van der Waals surface area contributed by atoms with E-state index in [2.05, 4.69) is 10.1 Å². The van der Waals surface area contributed by atoms with Gasteiger partial charge in [0.05, 0.1) is 5.69 Å². The first-order valence-electron chi connectivity index (χ1n) is 8.43. The van der Waals surface area contributed by atoms with E-state index >= 15 is 0 Å². The quantitative estimate of drug-likeness (QED) is 0.862. The van der Waals surface area contributed by atoms with Crippen LogP contribution >= 0.6 is 0 Å². The number of piperidine rings is 1. The molecule has 0 unspecified atom stereocenters. The number of likely N-dealkylation sites (tertiary alicyclic amines) is 1. The summed E-state index contributed by atoms with van der Waals surface area (Å²) in [5, 5.41) is 3.93. The number of aromatic nitrogens is 2. The van der Waals surface area contributed by atoms with Gasteiger partial charge in [0.1, 0.15) is 17.4 Å². The van der Waals surface area contributed by atoms with E-state index < -0.39 is 0 Å². The van der Waals surface area contributed by atoms with Crippen LogP contribution in [0.4, 0.5) is 0 Å². The van der Waals surface area contributed by atoms with Crippen molar-refractivity contribution < 1.29 is 14.1 Å². The van der Waals surface area contributed by atoms with E-state index in [4.69, 9.17) is 9.26 Å². The fourth-order valence-corrected chi connectivity index (χ4v) is 3.02. The summed E-state index contributed by atoms with van der Waals surface area (Å²) in [6.07, 6.45) is 2.36. The van der Waals surface area contributed by atoms with E-state index in [1.807, 2.05) is 43.9 Å². The van der Waals surface area contributed by atoms with Crippen molar-refractivity contribution >= 4 is 5.91 Å². The average molecular weight is 329 g/mol. The first kappa shape index (κ1) is 16.5. The Bertz CT molecular complexity index is 718. The maximum atomic E-state index is 12.7. The van der Waals surface area contributed by atoms with Crippen LogP contribution in [0.3, 0.4) is 0 Å². The fourth-order valence-electron chi connectivity index (χ4n) is 3.02. The molecule has 0 aromatic carbocycles. The van der Waals surface area contributed by atoms with Crippen LogP contribution in [0, 0.1) is 13.8 Å². The molecule has 2 aromatic rings. The largest absolute Gasteiger partial charge is 0.474 e. The first-order chi connectivity index (χ1) is 11.6. The highest BCUT2D eigenvalue weighted by Gasteiger charge is 2.29. The molecule has 0 radical (unpaired) electrons. The van der Waals surface area contributed by atoms with E-state index in [1.165, 1.54) is 0 Å². The second-order valence-electron chi connectivity index (χ2n) is 6.15.